The minimum atomic E-state index is -2.93. The predicted molar refractivity (Wildman–Crippen MR) is 94.4 cm³/mol. The van der Waals surface area contributed by atoms with Crippen molar-refractivity contribution in [3.63, 3.8) is 0 Å². The van der Waals surface area contributed by atoms with Crippen LogP contribution in [0.5, 0.6) is 5.75 Å². The molecule has 0 saturated carbocycles. The van der Waals surface area contributed by atoms with Crippen molar-refractivity contribution in [1.29, 1.82) is 0 Å². The van der Waals surface area contributed by atoms with Crippen LogP contribution < -0.4 is 15.4 Å². The number of methoxy groups -OCH3 is 1. The molecule has 24 heavy (non-hydrogen) atoms. The number of nitrogens with two attached hydrogens (primary N) is 1. The smallest absolute Gasteiger partial charge is 0.148 e. The second kappa shape index (κ2) is 6.78. The Hall–Kier alpha value is -1.51. The summed E-state index contributed by atoms with van der Waals surface area (Å²) in [5.41, 5.74) is 7.58. The Morgan fingerprint density at radius 3 is 2.50 bits per heavy atom. The van der Waals surface area contributed by atoms with Crippen LogP contribution in [0.1, 0.15) is 0 Å². The fraction of sp³-hybridized carbons (Fsp3) is 0.625. The molecule has 2 aliphatic heterocycles. The molecule has 0 spiro atoms. The van der Waals surface area contributed by atoms with Gasteiger partial charge < -0.3 is 20.1 Å². The van der Waals surface area contributed by atoms with E-state index in [9.17, 15) is 8.42 Å². The van der Waals surface area contributed by atoms with Crippen LogP contribution in [0.25, 0.3) is 0 Å². The highest BCUT2D eigenvalue weighted by molar-refractivity contribution is 7.90. The summed E-state index contributed by atoms with van der Waals surface area (Å²) in [4.78, 5) is 4.48. The molecule has 8 heteroatoms. The number of benzene rings is 1. The van der Waals surface area contributed by atoms with Crippen molar-refractivity contribution in [2.24, 2.45) is 0 Å². The van der Waals surface area contributed by atoms with Gasteiger partial charge in [-0.05, 0) is 12.1 Å². The van der Waals surface area contributed by atoms with E-state index < -0.39 is 9.84 Å². The summed E-state index contributed by atoms with van der Waals surface area (Å²) in [6, 6.07) is 5.82. The number of rotatable bonds is 5. The quantitative estimate of drug-likeness (QED) is 0.756. The van der Waals surface area contributed by atoms with Crippen molar-refractivity contribution < 1.29 is 17.9 Å². The van der Waals surface area contributed by atoms with Crippen molar-refractivity contribution in [3.05, 3.63) is 18.2 Å². The van der Waals surface area contributed by atoms with Gasteiger partial charge in [0.2, 0.25) is 0 Å². The maximum Gasteiger partial charge on any atom is 0.148 e. The molecule has 3 rings (SSSR count). The molecule has 2 N–H and O–H groups in total. The largest absolute Gasteiger partial charge is 0.495 e. The fourth-order valence-corrected chi connectivity index (χ4v) is 3.95. The van der Waals surface area contributed by atoms with Gasteiger partial charge in [-0.25, -0.2) is 8.42 Å². The molecule has 134 valence electrons. The second-order valence-corrected chi connectivity index (χ2v) is 8.86. The van der Waals surface area contributed by atoms with Gasteiger partial charge in [-0.3, -0.25) is 4.90 Å². The molecule has 2 fully saturated rings. The van der Waals surface area contributed by atoms with E-state index in [2.05, 4.69) is 9.80 Å². The van der Waals surface area contributed by atoms with Gasteiger partial charge in [0.15, 0.2) is 0 Å². The van der Waals surface area contributed by atoms with Gasteiger partial charge in [0.1, 0.15) is 15.6 Å². The van der Waals surface area contributed by atoms with Crippen LogP contribution in [-0.4, -0.2) is 77.4 Å². The first-order chi connectivity index (χ1) is 11.3. The topological polar surface area (TPSA) is 85.1 Å². The van der Waals surface area contributed by atoms with Crippen molar-refractivity contribution in [1.82, 2.24) is 4.90 Å². The first-order valence-corrected chi connectivity index (χ1v) is 10.1. The average molecular weight is 355 g/mol. The molecule has 0 radical (unpaired) electrons. The van der Waals surface area contributed by atoms with Crippen LogP contribution in [0.2, 0.25) is 0 Å². The third kappa shape index (κ3) is 4.12. The highest BCUT2D eigenvalue weighted by Gasteiger charge is 2.35. The van der Waals surface area contributed by atoms with E-state index in [0.29, 0.717) is 18.0 Å². The Labute approximate surface area is 143 Å². The monoisotopic (exact) mass is 355 g/mol. The molecule has 1 aromatic rings. The number of hydrogen-bond donors (Lipinski definition) is 1. The number of fused-ring (bicyclic) bond motifs is 2. The van der Waals surface area contributed by atoms with Crippen LogP contribution in [0, 0.1) is 0 Å². The first-order valence-electron chi connectivity index (χ1n) is 8.08. The Kier molecular flexibility index (Phi) is 4.89. The third-order valence-corrected chi connectivity index (χ3v) is 5.44. The highest BCUT2D eigenvalue weighted by atomic mass is 32.2. The van der Waals surface area contributed by atoms with E-state index in [1.165, 1.54) is 6.26 Å². The van der Waals surface area contributed by atoms with Gasteiger partial charge in [-0.2, -0.15) is 0 Å². The molecule has 0 aliphatic carbocycles. The van der Waals surface area contributed by atoms with Crippen molar-refractivity contribution in [3.8, 4) is 5.75 Å². The molecular weight excluding hydrogens is 330 g/mol. The lowest BCUT2D eigenvalue weighted by Gasteiger charge is -2.46. The third-order valence-electron chi connectivity index (χ3n) is 4.52. The van der Waals surface area contributed by atoms with E-state index in [1.807, 2.05) is 18.2 Å². The Balaban J connectivity index is 1.65. The first kappa shape index (κ1) is 17.3. The summed E-state index contributed by atoms with van der Waals surface area (Å²) in [7, 11) is -1.32. The number of morpholine rings is 2. The lowest BCUT2D eigenvalue weighted by Crippen LogP contribution is -2.60. The lowest BCUT2D eigenvalue weighted by molar-refractivity contribution is -0.0926. The predicted octanol–water partition coefficient (Wildman–Crippen LogP) is 0.211. The van der Waals surface area contributed by atoms with Crippen LogP contribution >= 0.6 is 0 Å². The molecule has 2 unspecified atom stereocenters. The molecule has 2 bridgehead atoms. The van der Waals surface area contributed by atoms with Crippen LogP contribution in [0.4, 0.5) is 11.4 Å². The van der Waals surface area contributed by atoms with Gasteiger partial charge >= 0.3 is 0 Å². The molecule has 7 nitrogen and oxygen atoms in total. The molecule has 2 saturated heterocycles. The van der Waals surface area contributed by atoms with E-state index in [1.54, 1.807) is 7.11 Å². The molecular formula is C16H25N3O4S. The summed E-state index contributed by atoms with van der Waals surface area (Å²) in [6.45, 7) is 3.64. The average Bonchev–Trinajstić information content (AvgIpc) is 2.52. The molecule has 2 aliphatic rings. The normalized spacial score (nSPS) is 24.8. The van der Waals surface area contributed by atoms with E-state index in [0.717, 1.165) is 31.9 Å². The molecule has 2 heterocycles. The van der Waals surface area contributed by atoms with Crippen LogP contribution in [-0.2, 0) is 14.6 Å². The number of nitrogen functional groups attached to an aromatic ring is 1. The van der Waals surface area contributed by atoms with Gasteiger partial charge in [0.25, 0.3) is 0 Å². The molecule has 2 atom stereocenters. The number of anilines is 2. The standard InChI is InChI=1S/C16H25N3O4S/c1-22-16-7-12(3-4-15(16)17)19-10-13-8-18(5-6-24(2,20)21)9-14(11-19)23-13/h3-4,7,13-14H,5-6,8-11,17H2,1-2H3. The van der Waals surface area contributed by atoms with Crippen molar-refractivity contribution in [2.45, 2.75) is 12.2 Å². The zero-order chi connectivity index (χ0) is 17.3. The van der Waals surface area contributed by atoms with E-state index in [4.69, 9.17) is 15.2 Å². The summed E-state index contributed by atoms with van der Waals surface area (Å²) >= 11 is 0. The summed E-state index contributed by atoms with van der Waals surface area (Å²) in [6.07, 6.45) is 1.45. The van der Waals surface area contributed by atoms with Gasteiger partial charge in [-0.15, -0.1) is 0 Å². The van der Waals surface area contributed by atoms with Gasteiger partial charge in [0.05, 0.1) is 30.8 Å². The van der Waals surface area contributed by atoms with Crippen LogP contribution in [0.15, 0.2) is 18.2 Å². The summed E-state index contributed by atoms with van der Waals surface area (Å²) in [5, 5.41) is 0. The molecule has 1 aromatic carbocycles. The minimum Gasteiger partial charge on any atom is -0.495 e. The number of hydrogen-bond acceptors (Lipinski definition) is 7. The highest BCUT2D eigenvalue weighted by Crippen LogP contribution is 2.30. The fourth-order valence-electron chi connectivity index (χ4n) is 3.36. The SMILES string of the molecule is COc1cc(N2CC3CN(CCS(C)(=O)=O)CC(C2)O3)ccc1N. The Morgan fingerprint density at radius 2 is 1.92 bits per heavy atom. The summed E-state index contributed by atoms with van der Waals surface area (Å²) in [5.74, 6) is 0.879. The number of nitrogens with zero attached hydrogens (tertiary/aromatic N) is 2. The van der Waals surface area contributed by atoms with E-state index in [-0.39, 0.29) is 18.0 Å². The van der Waals surface area contributed by atoms with Crippen LogP contribution in [0.3, 0.4) is 0 Å². The molecule has 0 aromatic heterocycles. The van der Waals surface area contributed by atoms with Crippen molar-refractivity contribution >= 4 is 21.2 Å². The lowest BCUT2D eigenvalue weighted by atomic mass is 10.1. The van der Waals surface area contributed by atoms with Gasteiger partial charge in [0, 0.05) is 50.7 Å². The minimum absolute atomic E-state index is 0.0839. The summed E-state index contributed by atoms with van der Waals surface area (Å²) < 4.78 is 34.0. The Bertz CT molecular complexity index is 681. The number of sulfone groups is 1. The van der Waals surface area contributed by atoms with Gasteiger partial charge in [-0.1, -0.05) is 0 Å². The second-order valence-electron chi connectivity index (χ2n) is 6.60. The van der Waals surface area contributed by atoms with Crippen molar-refractivity contribution in [2.75, 3.05) is 62.5 Å². The zero-order valence-corrected chi connectivity index (χ0v) is 15.0. The maximum absolute atomic E-state index is 11.4. The zero-order valence-electron chi connectivity index (χ0n) is 14.1. The van der Waals surface area contributed by atoms with E-state index >= 15 is 0 Å². The number of ether oxygens (including phenoxy) is 2. The molecule has 0 amide bonds. The maximum atomic E-state index is 11.4. The Morgan fingerprint density at radius 1 is 1.25 bits per heavy atom.